The van der Waals surface area contributed by atoms with Crippen LogP contribution in [-0.4, -0.2) is 9.78 Å². The standard InChI is InChI=1S/C11H16N4O/c1-7-6-9(8(2)16-7)11(13-12)10-4-5-15(3)14-10/h4-6,11,13H,12H2,1-3H3. The number of hydrazine groups is 1. The molecule has 2 heterocycles. The van der Waals surface area contributed by atoms with Gasteiger partial charge in [0.15, 0.2) is 0 Å². The van der Waals surface area contributed by atoms with Crippen molar-refractivity contribution < 1.29 is 4.42 Å². The van der Waals surface area contributed by atoms with Gasteiger partial charge < -0.3 is 4.42 Å². The molecule has 0 aliphatic heterocycles. The highest BCUT2D eigenvalue weighted by atomic mass is 16.3. The second-order valence-corrected chi connectivity index (χ2v) is 3.88. The van der Waals surface area contributed by atoms with E-state index < -0.39 is 0 Å². The lowest BCUT2D eigenvalue weighted by atomic mass is 10.1. The van der Waals surface area contributed by atoms with E-state index in [0.717, 1.165) is 22.8 Å². The third-order valence-electron chi connectivity index (χ3n) is 2.59. The lowest BCUT2D eigenvalue weighted by Crippen LogP contribution is -2.29. The molecule has 0 radical (unpaired) electrons. The maximum atomic E-state index is 5.58. The highest BCUT2D eigenvalue weighted by molar-refractivity contribution is 5.30. The molecule has 0 fully saturated rings. The van der Waals surface area contributed by atoms with E-state index in [1.807, 2.05) is 39.2 Å². The summed E-state index contributed by atoms with van der Waals surface area (Å²) in [5.74, 6) is 7.33. The van der Waals surface area contributed by atoms with E-state index in [1.54, 1.807) is 4.68 Å². The van der Waals surface area contributed by atoms with Gasteiger partial charge in [0.1, 0.15) is 11.5 Å². The lowest BCUT2D eigenvalue weighted by molar-refractivity contribution is 0.493. The molecule has 0 saturated carbocycles. The van der Waals surface area contributed by atoms with Gasteiger partial charge in [-0.05, 0) is 26.0 Å². The summed E-state index contributed by atoms with van der Waals surface area (Å²) in [6.45, 7) is 3.85. The number of nitrogens with one attached hydrogen (secondary N) is 1. The molecule has 1 atom stereocenters. The molecule has 0 aliphatic carbocycles. The second-order valence-electron chi connectivity index (χ2n) is 3.88. The Hall–Kier alpha value is -1.59. The largest absolute Gasteiger partial charge is 0.466 e. The van der Waals surface area contributed by atoms with Gasteiger partial charge in [0.05, 0.1) is 11.7 Å². The molecule has 2 aromatic heterocycles. The topological polar surface area (TPSA) is 69.0 Å². The summed E-state index contributed by atoms with van der Waals surface area (Å²) in [7, 11) is 1.88. The quantitative estimate of drug-likeness (QED) is 0.602. The van der Waals surface area contributed by atoms with E-state index in [1.165, 1.54) is 0 Å². The molecule has 0 spiro atoms. The van der Waals surface area contributed by atoms with Gasteiger partial charge in [-0.1, -0.05) is 0 Å². The summed E-state index contributed by atoms with van der Waals surface area (Å²) in [5.41, 5.74) is 4.68. The van der Waals surface area contributed by atoms with Crippen LogP contribution in [0.2, 0.25) is 0 Å². The molecule has 16 heavy (non-hydrogen) atoms. The van der Waals surface area contributed by atoms with Gasteiger partial charge >= 0.3 is 0 Å². The van der Waals surface area contributed by atoms with Crippen LogP contribution < -0.4 is 11.3 Å². The van der Waals surface area contributed by atoms with Crippen LogP contribution in [0.4, 0.5) is 0 Å². The Bertz CT molecular complexity index is 486. The van der Waals surface area contributed by atoms with Gasteiger partial charge in [0, 0.05) is 18.8 Å². The van der Waals surface area contributed by atoms with E-state index in [2.05, 4.69) is 10.5 Å². The van der Waals surface area contributed by atoms with Crippen molar-refractivity contribution in [1.82, 2.24) is 15.2 Å². The van der Waals surface area contributed by atoms with Crippen LogP contribution in [0.5, 0.6) is 0 Å². The SMILES string of the molecule is Cc1cc(C(NN)c2ccn(C)n2)c(C)o1. The Morgan fingerprint density at radius 1 is 1.50 bits per heavy atom. The van der Waals surface area contributed by atoms with Crippen LogP contribution >= 0.6 is 0 Å². The van der Waals surface area contributed by atoms with Crippen molar-refractivity contribution in [3.63, 3.8) is 0 Å². The number of hydrogen-bond acceptors (Lipinski definition) is 4. The Balaban J connectivity index is 2.40. The Morgan fingerprint density at radius 3 is 2.69 bits per heavy atom. The van der Waals surface area contributed by atoms with Crippen LogP contribution in [0.15, 0.2) is 22.7 Å². The van der Waals surface area contributed by atoms with Crippen LogP contribution in [-0.2, 0) is 7.05 Å². The van der Waals surface area contributed by atoms with Crippen LogP contribution in [0.3, 0.4) is 0 Å². The van der Waals surface area contributed by atoms with Crippen molar-refractivity contribution in [3.05, 3.63) is 41.1 Å². The van der Waals surface area contributed by atoms with Gasteiger partial charge in [-0.2, -0.15) is 5.10 Å². The zero-order chi connectivity index (χ0) is 11.7. The maximum absolute atomic E-state index is 5.58. The summed E-state index contributed by atoms with van der Waals surface area (Å²) < 4.78 is 7.25. The molecule has 5 heteroatoms. The average molecular weight is 220 g/mol. The number of aryl methyl sites for hydroxylation is 3. The normalized spacial score (nSPS) is 13.0. The van der Waals surface area contributed by atoms with E-state index in [0.29, 0.717) is 0 Å². The summed E-state index contributed by atoms with van der Waals surface area (Å²) in [6.07, 6.45) is 1.89. The average Bonchev–Trinajstić information content (AvgIpc) is 2.76. The molecule has 0 amide bonds. The molecule has 5 nitrogen and oxygen atoms in total. The monoisotopic (exact) mass is 220 g/mol. The molecule has 2 aromatic rings. The number of nitrogens with two attached hydrogens (primary N) is 1. The van der Waals surface area contributed by atoms with Crippen molar-refractivity contribution in [2.75, 3.05) is 0 Å². The molecule has 0 aliphatic rings. The fourth-order valence-corrected chi connectivity index (χ4v) is 1.86. The lowest BCUT2D eigenvalue weighted by Gasteiger charge is -2.12. The van der Waals surface area contributed by atoms with Crippen LogP contribution in [0.1, 0.15) is 28.8 Å². The summed E-state index contributed by atoms with van der Waals surface area (Å²) in [6, 6.07) is 3.79. The first kappa shape index (κ1) is 10.9. The van der Waals surface area contributed by atoms with Crippen molar-refractivity contribution in [2.24, 2.45) is 12.9 Å². The third-order valence-corrected chi connectivity index (χ3v) is 2.59. The molecule has 2 rings (SSSR count). The van der Waals surface area contributed by atoms with Crippen molar-refractivity contribution in [3.8, 4) is 0 Å². The Labute approximate surface area is 94.2 Å². The minimum absolute atomic E-state index is 0.126. The number of aromatic nitrogens is 2. The van der Waals surface area contributed by atoms with Crippen molar-refractivity contribution in [2.45, 2.75) is 19.9 Å². The molecular weight excluding hydrogens is 204 g/mol. The second kappa shape index (κ2) is 4.11. The number of hydrogen-bond donors (Lipinski definition) is 2. The number of furan rings is 1. The third kappa shape index (κ3) is 1.87. The first-order chi connectivity index (χ1) is 7.61. The minimum Gasteiger partial charge on any atom is -0.466 e. The fourth-order valence-electron chi connectivity index (χ4n) is 1.86. The highest BCUT2D eigenvalue weighted by Crippen LogP contribution is 2.25. The molecule has 0 bridgehead atoms. The predicted octanol–water partition coefficient (Wildman–Crippen LogP) is 1.18. The zero-order valence-corrected chi connectivity index (χ0v) is 9.69. The number of rotatable bonds is 3. The van der Waals surface area contributed by atoms with E-state index in [9.17, 15) is 0 Å². The van der Waals surface area contributed by atoms with Gasteiger partial charge in [-0.3, -0.25) is 10.5 Å². The highest BCUT2D eigenvalue weighted by Gasteiger charge is 2.19. The maximum Gasteiger partial charge on any atom is 0.106 e. The number of nitrogens with zero attached hydrogens (tertiary/aromatic N) is 2. The summed E-state index contributed by atoms with van der Waals surface area (Å²) >= 11 is 0. The van der Waals surface area contributed by atoms with Crippen LogP contribution in [0.25, 0.3) is 0 Å². The van der Waals surface area contributed by atoms with Gasteiger partial charge in [0.2, 0.25) is 0 Å². The molecule has 86 valence electrons. The summed E-state index contributed by atoms with van der Waals surface area (Å²) in [4.78, 5) is 0. The van der Waals surface area contributed by atoms with Gasteiger partial charge in [0.25, 0.3) is 0 Å². The Morgan fingerprint density at radius 2 is 2.25 bits per heavy atom. The first-order valence-electron chi connectivity index (χ1n) is 5.14. The molecule has 3 N–H and O–H groups in total. The predicted molar refractivity (Wildman–Crippen MR) is 60.6 cm³/mol. The molecule has 0 saturated heterocycles. The van der Waals surface area contributed by atoms with Gasteiger partial charge in [-0.15, -0.1) is 0 Å². The van der Waals surface area contributed by atoms with Crippen molar-refractivity contribution >= 4 is 0 Å². The van der Waals surface area contributed by atoms with Crippen LogP contribution in [0, 0.1) is 13.8 Å². The van der Waals surface area contributed by atoms with Crippen molar-refractivity contribution in [1.29, 1.82) is 0 Å². The van der Waals surface area contributed by atoms with E-state index in [4.69, 9.17) is 10.3 Å². The van der Waals surface area contributed by atoms with E-state index in [-0.39, 0.29) is 6.04 Å². The molecule has 1 unspecified atom stereocenters. The van der Waals surface area contributed by atoms with E-state index >= 15 is 0 Å². The Kier molecular flexibility index (Phi) is 2.80. The summed E-state index contributed by atoms with van der Waals surface area (Å²) in [5, 5.41) is 4.34. The fraction of sp³-hybridized carbons (Fsp3) is 0.364. The molecular formula is C11H16N4O. The molecule has 0 aromatic carbocycles. The minimum atomic E-state index is -0.126. The van der Waals surface area contributed by atoms with Gasteiger partial charge in [-0.25, -0.2) is 5.43 Å². The first-order valence-corrected chi connectivity index (χ1v) is 5.14. The smallest absolute Gasteiger partial charge is 0.106 e. The zero-order valence-electron chi connectivity index (χ0n) is 9.69.